The number of likely N-dealkylation sites (tertiary alicyclic amines) is 2. The van der Waals surface area contributed by atoms with Crippen LogP contribution < -0.4 is 14.8 Å². The van der Waals surface area contributed by atoms with E-state index in [0.29, 0.717) is 70.1 Å². The first kappa shape index (κ1) is 53.3. The van der Waals surface area contributed by atoms with Gasteiger partial charge in [0.25, 0.3) is 5.91 Å². The molecule has 3 aromatic carbocycles. The number of piperidine rings is 2. The standard InChI is InChI=1S/C61H79N7O8/c1-39-11-7-14-46(60(71)59-51-17-10-19-53(51)68(64-59)38-57(70)66-29-25-47(26-30-66)76-54-20-8-13-44-12-5-6-15-49(44)54)34-48(75-39)32-43-21-22-45(55(33-43)73-4)31-42-23-27-65(28-24-42)56(69)35-63-52-18-9-16-50(52)58(62)61(72)67-36-40(2)74-41(3)37-67/h5-6,8,12-13,15,20-22,33,39-42,46-48,62-63H,7,9-11,14,16-19,23-32,34-38H2,1-4H3/t39-,40-,41+,46?,48+/m0/s1. The molecule has 5 heterocycles. The fourth-order valence-corrected chi connectivity index (χ4v) is 13.1. The minimum atomic E-state index is -0.262. The molecule has 0 radical (unpaired) electrons. The highest BCUT2D eigenvalue weighted by Gasteiger charge is 2.36. The highest BCUT2D eigenvalue weighted by atomic mass is 16.5. The van der Waals surface area contributed by atoms with Crippen LogP contribution in [0.25, 0.3) is 10.8 Å². The van der Waals surface area contributed by atoms with E-state index in [1.54, 1.807) is 12.0 Å². The van der Waals surface area contributed by atoms with Crippen LogP contribution in [0.5, 0.6) is 11.5 Å². The summed E-state index contributed by atoms with van der Waals surface area (Å²) in [5, 5.41) is 19.3. The second-order valence-electron chi connectivity index (χ2n) is 22.6. The first-order valence-electron chi connectivity index (χ1n) is 28.5. The summed E-state index contributed by atoms with van der Waals surface area (Å²) in [6.07, 6.45) is 12.7. The molecule has 4 fully saturated rings. The van der Waals surface area contributed by atoms with Crippen LogP contribution >= 0.6 is 0 Å². The second kappa shape index (κ2) is 24.1. The summed E-state index contributed by atoms with van der Waals surface area (Å²) in [5.41, 5.74) is 6.47. The number of methoxy groups -OCH3 is 1. The number of rotatable bonds is 16. The highest BCUT2D eigenvalue weighted by Crippen LogP contribution is 2.35. The molecule has 0 bridgehead atoms. The first-order valence-corrected chi connectivity index (χ1v) is 28.5. The van der Waals surface area contributed by atoms with Gasteiger partial charge in [0.15, 0.2) is 5.78 Å². The number of ketones is 1. The van der Waals surface area contributed by atoms with Crippen molar-refractivity contribution in [3.63, 3.8) is 0 Å². The smallest absolute Gasteiger partial charge is 0.272 e. The van der Waals surface area contributed by atoms with Crippen molar-refractivity contribution in [1.29, 1.82) is 5.41 Å². The van der Waals surface area contributed by atoms with E-state index in [1.165, 1.54) is 0 Å². The van der Waals surface area contributed by atoms with E-state index in [1.807, 2.05) is 52.6 Å². The molecule has 15 heteroatoms. The predicted molar refractivity (Wildman–Crippen MR) is 292 cm³/mol. The van der Waals surface area contributed by atoms with Gasteiger partial charge in [0.1, 0.15) is 35.6 Å². The van der Waals surface area contributed by atoms with Gasteiger partial charge in [-0.1, -0.05) is 55.0 Å². The third-order valence-electron chi connectivity index (χ3n) is 17.1. The normalized spacial score (nSPS) is 23.8. The minimum Gasteiger partial charge on any atom is -0.496 e. The maximum Gasteiger partial charge on any atom is 0.272 e. The van der Waals surface area contributed by atoms with Crippen molar-refractivity contribution in [2.45, 2.75) is 161 Å². The Bertz CT molecular complexity index is 2790. The number of allylic oxidation sites excluding steroid dienone is 1. The van der Waals surface area contributed by atoms with Crippen molar-refractivity contribution in [2.24, 2.45) is 11.8 Å². The van der Waals surface area contributed by atoms with E-state index >= 15 is 0 Å². The van der Waals surface area contributed by atoms with Crippen LogP contribution in [0.4, 0.5) is 0 Å². The second-order valence-corrected chi connectivity index (χ2v) is 22.6. The van der Waals surface area contributed by atoms with Crippen LogP contribution in [0.3, 0.4) is 0 Å². The number of nitrogens with one attached hydrogen (secondary N) is 2. The number of benzene rings is 3. The summed E-state index contributed by atoms with van der Waals surface area (Å²) in [5.74, 6) is 1.81. The minimum absolute atomic E-state index is 0.0312. The lowest BCUT2D eigenvalue weighted by Crippen LogP contribution is -2.50. The topological polar surface area (TPSA) is 169 Å². The number of morpholine rings is 1. The van der Waals surface area contributed by atoms with Crippen LogP contribution in [-0.4, -0.2) is 137 Å². The molecule has 0 saturated carbocycles. The SMILES string of the molecule is COc1cc(C[C@@H]2CC(C(=O)c3nn(CC(=O)N4CCC(Oc5cccc6ccccc56)CC4)c4c3CCC4)CCC[C@H](C)O2)ccc1CC1CCN(C(=O)CNC2=C(C(=N)C(=O)N3C[C@@H](C)O[C@@H](C)C3)CCC2)CC1. The largest absolute Gasteiger partial charge is 0.496 e. The Hall–Kier alpha value is -6.06. The fraction of sp³-hybridized carbons (Fsp3) is 0.574. The summed E-state index contributed by atoms with van der Waals surface area (Å²) in [4.78, 5) is 60.9. The summed E-state index contributed by atoms with van der Waals surface area (Å²) in [7, 11) is 1.72. The van der Waals surface area contributed by atoms with Gasteiger partial charge in [-0.2, -0.15) is 5.10 Å². The van der Waals surface area contributed by atoms with Crippen LogP contribution in [0, 0.1) is 17.2 Å². The van der Waals surface area contributed by atoms with E-state index in [-0.39, 0.29) is 78.7 Å². The molecule has 15 nitrogen and oxygen atoms in total. The molecule has 1 unspecified atom stereocenters. The van der Waals surface area contributed by atoms with Gasteiger partial charge in [-0.15, -0.1) is 0 Å². The van der Waals surface area contributed by atoms with Gasteiger partial charge in [0, 0.05) is 85.9 Å². The van der Waals surface area contributed by atoms with Crippen molar-refractivity contribution < 1.29 is 38.1 Å². The van der Waals surface area contributed by atoms with Gasteiger partial charge in [-0.05, 0) is 139 Å². The molecular weight excluding hydrogens is 959 g/mol. The molecule has 5 atom stereocenters. The van der Waals surface area contributed by atoms with Gasteiger partial charge in [0.2, 0.25) is 11.8 Å². The van der Waals surface area contributed by atoms with Crippen molar-refractivity contribution in [3.8, 4) is 11.5 Å². The van der Waals surface area contributed by atoms with Gasteiger partial charge >= 0.3 is 0 Å². The van der Waals surface area contributed by atoms with Crippen LogP contribution in [0.1, 0.15) is 131 Å². The van der Waals surface area contributed by atoms with Crippen molar-refractivity contribution in [2.75, 3.05) is 52.9 Å². The van der Waals surface area contributed by atoms with E-state index in [4.69, 9.17) is 29.5 Å². The summed E-state index contributed by atoms with van der Waals surface area (Å²) < 4.78 is 26.8. The zero-order chi connectivity index (χ0) is 52.9. The van der Waals surface area contributed by atoms with E-state index in [2.05, 4.69) is 48.6 Å². The van der Waals surface area contributed by atoms with Crippen LogP contribution in [0.15, 0.2) is 71.9 Å². The Labute approximate surface area is 448 Å². The zero-order valence-electron chi connectivity index (χ0n) is 45.3. The molecular formula is C61H79N7O8. The summed E-state index contributed by atoms with van der Waals surface area (Å²) in [6.45, 7) is 9.90. The number of hydrogen-bond acceptors (Lipinski definition) is 11. The maximum absolute atomic E-state index is 14.7. The molecule has 4 saturated heterocycles. The molecule has 76 heavy (non-hydrogen) atoms. The molecule has 4 aliphatic heterocycles. The molecule has 4 aromatic rings. The fourth-order valence-electron chi connectivity index (χ4n) is 13.1. The number of hydrogen-bond donors (Lipinski definition) is 2. The Kier molecular flexibility index (Phi) is 16.9. The molecule has 2 N–H and O–H groups in total. The molecule has 2 aliphatic carbocycles. The van der Waals surface area contributed by atoms with Gasteiger partial charge in [-0.3, -0.25) is 29.3 Å². The molecule has 6 aliphatic rings. The number of aromatic nitrogens is 2. The maximum atomic E-state index is 14.7. The van der Waals surface area contributed by atoms with Crippen LogP contribution in [0.2, 0.25) is 0 Å². The predicted octanol–water partition coefficient (Wildman–Crippen LogP) is 8.46. The number of ether oxygens (including phenoxy) is 4. The number of amides is 3. The number of Topliss-reactive ketones (excluding diaryl/α,β-unsaturated/α-hetero) is 1. The Balaban J connectivity index is 0.709. The number of fused-ring (bicyclic) bond motifs is 2. The summed E-state index contributed by atoms with van der Waals surface area (Å²) in [6, 6.07) is 20.9. The van der Waals surface area contributed by atoms with Crippen LogP contribution in [-0.2, 0) is 56.1 Å². The molecule has 1 aromatic heterocycles. The Morgan fingerprint density at radius 1 is 0.737 bits per heavy atom. The summed E-state index contributed by atoms with van der Waals surface area (Å²) >= 11 is 0. The zero-order valence-corrected chi connectivity index (χ0v) is 45.3. The average Bonchev–Trinajstić information content (AvgIpc) is 4.20. The van der Waals surface area contributed by atoms with E-state index < -0.39 is 0 Å². The Morgan fingerprint density at radius 2 is 1.47 bits per heavy atom. The van der Waals surface area contributed by atoms with Crippen molar-refractivity contribution >= 4 is 40.0 Å². The number of carbonyl (C=O) groups is 4. The molecule has 0 spiro atoms. The Morgan fingerprint density at radius 3 is 2.26 bits per heavy atom. The monoisotopic (exact) mass is 1040 g/mol. The lowest BCUT2D eigenvalue weighted by atomic mass is 9.85. The number of nitrogens with zero attached hydrogens (tertiary/aromatic N) is 5. The van der Waals surface area contributed by atoms with Gasteiger partial charge in [0.05, 0.1) is 38.1 Å². The quantitative estimate of drug-likeness (QED) is 0.0821. The highest BCUT2D eigenvalue weighted by molar-refractivity contribution is 6.44. The van der Waals surface area contributed by atoms with Crippen molar-refractivity contribution in [3.05, 3.63) is 100 Å². The third kappa shape index (κ3) is 12.4. The molecule has 10 rings (SSSR count). The van der Waals surface area contributed by atoms with E-state index in [9.17, 15) is 19.2 Å². The molecule has 406 valence electrons. The van der Waals surface area contributed by atoms with Gasteiger partial charge in [-0.25, -0.2) is 0 Å². The lowest BCUT2D eigenvalue weighted by molar-refractivity contribution is -0.136. The lowest BCUT2D eigenvalue weighted by Gasteiger charge is -2.35. The molecule has 3 amide bonds. The number of carbonyl (C=O) groups excluding carboxylic acids is 4. The van der Waals surface area contributed by atoms with Gasteiger partial charge < -0.3 is 39.0 Å². The third-order valence-corrected chi connectivity index (χ3v) is 17.1. The van der Waals surface area contributed by atoms with Crippen molar-refractivity contribution in [1.82, 2.24) is 29.8 Å². The first-order chi connectivity index (χ1) is 36.9. The average molecular weight is 1040 g/mol. The van der Waals surface area contributed by atoms with E-state index in [0.717, 1.165) is 139 Å².